The summed E-state index contributed by atoms with van der Waals surface area (Å²) in [5.74, 6) is -0.678. The summed E-state index contributed by atoms with van der Waals surface area (Å²) in [4.78, 5) is 23.1. The van der Waals surface area contributed by atoms with Crippen molar-refractivity contribution >= 4 is 27.8 Å². The first kappa shape index (κ1) is 17.5. The van der Waals surface area contributed by atoms with Crippen molar-refractivity contribution in [1.82, 2.24) is 5.32 Å². The number of rotatable bonds is 7. The van der Waals surface area contributed by atoms with E-state index in [1.54, 1.807) is 32.9 Å². The maximum atomic E-state index is 12.0. The van der Waals surface area contributed by atoms with E-state index in [0.29, 0.717) is 12.2 Å². The molecule has 1 aromatic rings. The molecular formula is C15H20BrNO4. The normalized spacial score (nSPS) is 14.9. The number of carboxylic acid groups (broad SMARTS) is 1. The van der Waals surface area contributed by atoms with Gasteiger partial charge in [-0.1, -0.05) is 22.9 Å². The van der Waals surface area contributed by atoms with E-state index in [-0.39, 0.29) is 12.5 Å². The molecule has 2 unspecified atom stereocenters. The summed E-state index contributed by atoms with van der Waals surface area (Å²) in [5.41, 5.74) is -0.965. The van der Waals surface area contributed by atoms with E-state index in [1.165, 1.54) is 0 Å². The zero-order valence-electron chi connectivity index (χ0n) is 12.4. The standard InChI is InChI=1S/C15H20BrNO4/c1-4-15(3,14(19)20)9-17-13(18)10(2)21-12-7-5-11(16)6-8-12/h5-8,10H,4,9H2,1-3H3,(H,17,18)(H,19,20). The number of halogens is 1. The fourth-order valence-corrected chi connectivity index (χ4v) is 1.81. The van der Waals surface area contributed by atoms with E-state index in [1.807, 2.05) is 12.1 Å². The highest BCUT2D eigenvalue weighted by Crippen LogP contribution is 2.20. The summed E-state index contributed by atoms with van der Waals surface area (Å²) >= 11 is 3.32. The first-order valence-electron chi connectivity index (χ1n) is 6.72. The smallest absolute Gasteiger partial charge is 0.311 e. The van der Waals surface area contributed by atoms with Gasteiger partial charge in [-0.3, -0.25) is 9.59 Å². The van der Waals surface area contributed by atoms with Gasteiger partial charge in [0.05, 0.1) is 5.41 Å². The second kappa shape index (κ2) is 7.45. The molecule has 2 atom stereocenters. The molecule has 0 saturated carbocycles. The first-order chi connectivity index (χ1) is 9.78. The van der Waals surface area contributed by atoms with Gasteiger partial charge < -0.3 is 15.2 Å². The highest BCUT2D eigenvalue weighted by molar-refractivity contribution is 9.10. The molecular weight excluding hydrogens is 338 g/mol. The summed E-state index contributed by atoms with van der Waals surface area (Å²) in [5, 5.41) is 11.8. The number of aliphatic carboxylic acids is 1. The van der Waals surface area contributed by atoms with Crippen LogP contribution in [0.25, 0.3) is 0 Å². The quantitative estimate of drug-likeness (QED) is 0.786. The lowest BCUT2D eigenvalue weighted by atomic mass is 9.87. The van der Waals surface area contributed by atoms with E-state index < -0.39 is 17.5 Å². The lowest BCUT2D eigenvalue weighted by Gasteiger charge is -2.24. The molecule has 0 saturated heterocycles. The number of hydrogen-bond donors (Lipinski definition) is 2. The van der Waals surface area contributed by atoms with E-state index in [4.69, 9.17) is 9.84 Å². The molecule has 5 nitrogen and oxygen atoms in total. The van der Waals surface area contributed by atoms with Gasteiger partial charge in [-0.15, -0.1) is 0 Å². The van der Waals surface area contributed by atoms with Crippen molar-refractivity contribution in [2.75, 3.05) is 6.54 Å². The van der Waals surface area contributed by atoms with Crippen LogP contribution in [0, 0.1) is 5.41 Å². The summed E-state index contributed by atoms with van der Waals surface area (Å²) in [7, 11) is 0. The molecule has 0 radical (unpaired) electrons. The topological polar surface area (TPSA) is 75.6 Å². The number of carbonyl (C=O) groups is 2. The molecule has 116 valence electrons. The van der Waals surface area contributed by atoms with Crippen LogP contribution in [0.15, 0.2) is 28.7 Å². The van der Waals surface area contributed by atoms with Gasteiger partial charge in [0.2, 0.25) is 0 Å². The molecule has 21 heavy (non-hydrogen) atoms. The van der Waals surface area contributed by atoms with Crippen molar-refractivity contribution in [3.63, 3.8) is 0 Å². The Balaban J connectivity index is 2.55. The van der Waals surface area contributed by atoms with E-state index in [2.05, 4.69) is 21.2 Å². The van der Waals surface area contributed by atoms with Gasteiger partial charge >= 0.3 is 5.97 Å². The molecule has 0 aromatic heterocycles. The second-order valence-electron chi connectivity index (χ2n) is 5.15. The van der Waals surface area contributed by atoms with Crippen molar-refractivity contribution in [2.24, 2.45) is 5.41 Å². The molecule has 1 aromatic carbocycles. The van der Waals surface area contributed by atoms with Gasteiger partial charge in [-0.2, -0.15) is 0 Å². The van der Waals surface area contributed by atoms with Crippen LogP contribution in [0.4, 0.5) is 0 Å². The number of benzene rings is 1. The lowest BCUT2D eigenvalue weighted by molar-refractivity contribution is -0.148. The second-order valence-corrected chi connectivity index (χ2v) is 6.07. The van der Waals surface area contributed by atoms with Gasteiger partial charge in [0.1, 0.15) is 5.75 Å². The third kappa shape index (κ3) is 5.04. The van der Waals surface area contributed by atoms with E-state index in [9.17, 15) is 9.59 Å². The van der Waals surface area contributed by atoms with Crippen LogP contribution in [0.3, 0.4) is 0 Å². The molecule has 1 amide bonds. The molecule has 0 aliphatic heterocycles. The molecule has 0 fully saturated rings. The first-order valence-corrected chi connectivity index (χ1v) is 7.51. The van der Waals surface area contributed by atoms with Crippen LogP contribution < -0.4 is 10.1 Å². The average molecular weight is 358 g/mol. The minimum atomic E-state index is -0.965. The highest BCUT2D eigenvalue weighted by atomic mass is 79.9. The van der Waals surface area contributed by atoms with Gasteiger partial charge in [0.25, 0.3) is 5.91 Å². The Bertz CT molecular complexity index is 503. The van der Waals surface area contributed by atoms with Crippen molar-refractivity contribution < 1.29 is 19.4 Å². The number of amides is 1. The Hall–Kier alpha value is -1.56. The van der Waals surface area contributed by atoms with Gasteiger partial charge in [0.15, 0.2) is 6.10 Å². The third-order valence-electron chi connectivity index (χ3n) is 3.45. The summed E-state index contributed by atoms with van der Waals surface area (Å²) in [6, 6.07) is 7.14. The van der Waals surface area contributed by atoms with Crippen LogP contribution in [0.1, 0.15) is 27.2 Å². The molecule has 1 rings (SSSR count). The fourth-order valence-electron chi connectivity index (χ4n) is 1.55. The monoisotopic (exact) mass is 357 g/mol. The average Bonchev–Trinajstić information content (AvgIpc) is 2.46. The Morgan fingerprint density at radius 2 is 1.95 bits per heavy atom. The molecule has 0 bridgehead atoms. The zero-order valence-corrected chi connectivity index (χ0v) is 13.9. The molecule has 0 heterocycles. The van der Waals surface area contributed by atoms with Crippen LogP contribution in [0.2, 0.25) is 0 Å². The number of ether oxygens (including phenoxy) is 1. The van der Waals surface area contributed by atoms with Crippen LogP contribution in [0.5, 0.6) is 5.75 Å². The maximum absolute atomic E-state index is 12.0. The van der Waals surface area contributed by atoms with Gasteiger partial charge in [-0.05, 0) is 44.5 Å². The molecule has 0 aliphatic rings. The third-order valence-corrected chi connectivity index (χ3v) is 3.97. The molecule has 0 aliphatic carbocycles. The zero-order chi connectivity index (χ0) is 16.0. The molecule has 0 spiro atoms. The van der Waals surface area contributed by atoms with Gasteiger partial charge in [-0.25, -0.2) is 0 Å². The van der Waals surface area contributed by atoms with Crippen molar-refractivity contribution in [2.45, 2.75) is 33.3 Å². The fraction of sp³-hybridized carbons (Fsp3) is 0.467. The highest BCUT2D eigenvalue weighted by Gasteiger charge is 2.32. The SMILES string of the molecule is CCC(C)(CNC(=O)C(C)Oc1ccc(Br)cc1)C(=O)O. The minimum absolute atomic E-state index is 0.0751. The molecule has 6 heteroatoms. The minimum Gasteiger partial charge on any atom is -0.481 e. The number of hydrogen-bond acceptors (Lipinski definition) is 3. The number of carbonyl (C=O) groups excluding carboxylic acids is 1. The van der Waals surface area contributed by atoms with Crippen molar-refractivity contribution in [3.8, 4) is 5.75 Å². The predicted molar refractivity (Wildman–Crippen MR) is 83.3 cm³/mol. The van der Waals surface area contributed by atoms with Crippen LogP contribution >= 0.6 is 15.9 Å². The van der Waals surface area contributed by atoms with Gasteiger partial charge in [0, 0.05) is 11.0 Å². The Morgan fingerprint density at radius 1 is 1.38 bits per heavy atom. The maximum Gasteiger partial charge on any atom is 0.311 e. The lowest BCUT2D eigenvalue weighted by Crippen LogP contribution is -2.44. The van der Waals surface area contributed by atoms with Crippen LogP contribution in [-0.4, -0.2) is 29.6 Å². The van der Waals surface area contributed by atoms with Crippen molar-refractivity contribution in [3.05, 3.63) is 28.7 Å². The van der Waals surface area contributed by atoms with Crippen LogP contribution in [-0.2, 0) is 9.59 Å². The Labute approximate surface area is 132 Å². The van der Waals surface area contributed by atoms with E-state index in [0.717, 1.165) is 4.47 Å². The predicted octanol–water partition coefficient (Wildman–Crippen LogP) is 2.83. The Morgan fingerprint density at radius 3 is 2.43 bits per heavy atom. The number of carboxylic acids is 1. The summed E-state index contributed by atoms with van der Waals surface area (Å²) in [6.07, 6.45) is -0.258. The number of nitrogens with one attached hydrogen (secondary N) is 1. The largest absolute Gasteiger partial charge is 0.481 e. The summed E-state index contributed by atoms with van der Waals surface area (Å²) < 4.78 is 6.43. The molecule has 2 N–H and O–H groups in total. The summed E-state index contributed by atoms with van der Waals surface area (Å²) in [6.45, 7) is 5.09. The Kier molecular flexibility index (Phi) is 6.20. The van der Waals surface area contributed by atoms with E-state index >= 15 is 0 Å². The van der Waals surface area contributed by atoms with Crippen molar-refractivity contribution in [1.29, 1.82) is 0 Å².